The monoisotopic (exact) mass is 216 g/mol. The van der Waals surface area contributed by atoms with Crippen LogP contribution in [0.4, 0.5) is 0 Å². The molecule has 84 valence electrons. The standard InChI is InChI=1S/C14H16O2/c15-13(16)14-8-4-3-7-12(14)11-6-2-1-5-10(11)9-14/h1-2,5-6,12H,3-4,7-9H2,(H,15,16)/t12-,14-/m1/s1. The first-order valence-electron chi connectivity index (χ1n) is 6.05. The van der Waals surface area contributed by atoms with Gasteiger partial charge < -0.3 is 5.11 Å². The molecule has 3 rings (SSSR count). The Morgan fingerprint density at radius 3 is 2.94 bits per heavy atom. The lowest BCUT2D eigenvalue weighted by molar-refractivity contribution is -0.151. The molecule has 2 heteroatoms. The van der Waals surface area contributed by atoms with Crippen molar-refractivity contribution in [3.63, 3.8) is 0 Å². The average molecular weight is 216 g/mol. The summed E-state index contributed by atoms with van der Waals surface area (Å²) in [4.78, 5) is 11.6. The maximum absolute atomic E-state index is 11.6. The summed E-state index contributed by atoms with van der Waals surface area (Å²) >= 11 is 0. The van der Waals surface area contributed by atoms with E-state index in [1.165, 1.54) is 17.5 Å². The van der Waals surface area contributed by atoms with E-state index < -0.39 is 11.4 Å². The van der Waals surface area contributed by atoms with Gasteiger partial charge in [-0.25, -0.2) is 0 Å². The number of carboxylic acid groups (broad SMARTS) is 1. The predicted octanol–water partition coefficient (Wildman–Crippen LogP) is 2.97. The fourth-order valence-electron chi connectivity index (χ4n) is 3.61. The lowest BCUT2D eigenvalue weighted by atomic mass is 9.67. The first-order chi connectivity index (χ1) is 7.74. The molecule has 2 atom stereocenters. The van der Waals surface area contributed by atoms with Crippen LogP contribution in [0, 0.1) is 5.41 Å². The van der Waals surface area contributed by atoms with E-state index in [9.17, 15) is 9.90 Å². The second-order valence-corrected chi connectivity index (χ2v) is 5.14. The molecule has 1 saturated carbocycles. The van der Waals surface area contributed by atoms with Gasteiger partial charge in [-0.2, -0.15) is 0 Å². The molecule has 1 aromatic carbocycles. The third kappa shape index (κ3) is 1.16. The van der Waals surface area contributed by atoms with E-state index in [1.807, 2.05) is 12.1 Å². The molecule has 2 aliphatic rings. The van der Waals surface area contributed by atoms with Crippen LogP contribution in [-0.4, -0.2) is 11.1 Å². The lowest BCUT2D eigenvalue weighted by Crippen LogP contribution is -2.37. The summed E-state index contributed by atoms with van der Waals surface area (Å²) in [5.74, 6) is -0.330. The van der Waals surface area contributed by atoms with E-state index in [4.69, 9.17) is 0 Å². The van der Waals surface area contributed by atoms with Gasteiger partial charge in [-0.15, -0.1) is 0 Å². The van der Waals surface area contributed by atoms with Crippen molar-refractivity contribution in [1.29, 1.82) is 0 Å². The summed E-state index contributed by atoms with van der Waals surface area (Å²) in [5.41, 5.74) is 2.07. The number of carboxylic acids is 1. The highest BCUT2D eigenvalue weighted by Crippen LogP contribution is 2.55. The first-order valence-corrected chi connectivity index (χ1v) is 6.05. The SMILES string of the molecule is O=C(O)[C@@]12CCCC[C@@H]1c1ccccc1C2. The smallest absolute Gasteiger partial charge is 0.310 e. The number of hydrogen-bond donors (Lipinski definition) is 1. The van der Waals surface area contributed by atoms with E-state index in [-0.39, 0.29) is 5.92 Å². The maximum Gasteiger partial charge on any atom is 0.310 e. The number of aliphatic carboxylic acids is 1. The summed E-state index contributed by atoms with van der Waals surface area (Å²) < 4.78 is 0. The molecule has 0 heterocycles. The summed E-state index contributed by atoms with van der Waals surface area (Å²) in [7, 11) is 0. The number of fused-ring (bicyclic) bond motifs is 3. The van der Waals surface area contributed by atoms with Gasteiger partial charge in [0.2, 0.25) is 0 Å². The quantitative estimate of drug-likeness (QED) is 0.783. The van der Waals surface area contributed by atoms with Gasteiger partial charge >= 0.3 is 5.97 Å². The van der Waals surface area contributed by atoms with E-state index in [0.29, 0.717) is 0 Å². The number of rotatable bonds is 1. The van der Waals surface area contributed by atoms with E-state index in [1.54, 1.807) is 0 Å². The minimum absolute atomic E-state index is 0.259. The average Bonchev–Trinajstić information content (AvgIpc) is 2.64. The minimum atomic E-state index is -0.589. The zero-order valence-electron chi connectivity index (χ0n) is 9.28. The Morgan fingerprint density at radius 2 is 2.12 bits per heavy atom. The van der Waals surface area contributed by atoms with E-state index >= 15 is 0 Å². The predicted molar refractivity (Wildman–Crippen MR) is 61.4 cm³/mol. The van der Waals surface area contributed by atoms with Crippen LogP contribution in [0.15, 0.2) is 24.3 Å². The topological polar surface area (TPSA) is 37.3 Å². The Hall–Kier alpha value is -1.31. The molecular weight excluding hydrogens is 200 g/mol. The molecule has 1 fully saturated rings. The number of carbonyl (C=O) groups is 1. The molecular formula is C14H16O2. The zero-order valence-corrected chi connectivity index (χ0v) is 9.28. The Bertz CT molecular complexity index is 438. The summed E-state index contributed by atoms with van der Waals surface area (Å²) in [5, 5.41) is 9.57. The fraction of sp³-hybridized carbons (Fsp3) is 0.500. The summed E-state index contributed by atoms with van der Waals surface area (Å²) in [6.07, 6.45) is 4.87. The van der Waals surface area contributed by atoms with Crippen molar-refractivity contribution in [1.82, 2.24) is 0 Å². The fourth-order valence-corrected chi connectivity index (χ4v) is 3.61. The molecule has 0 radical (unpaired) electrons. The van der Waals surface area contributed by atoms with Crippen molar-refractivity contribution in [2.45, 2.75) is 38.0 Å². The van der Waals surface area contributed by atoms with Gasteiger partial charge in [0.05, 0.1) is 5.41 Å². The summed E-state index contributed by atoms with van der Waals surface area (Å²) in [6, 6.07) is 8.27. The van der Waals surface area contributed by atoms with Crippen molar-refractivity contribution >= 4 is 5.97 Å². The highest BCUT2D eigenvalue weighted by Gasteiger charge is 2.52. The van der Waals surface area contributed by atoms with Crippen molar-refractivity contribution < 1.29 is 9.90 Å². The molecule has 0 unspecified atom stereocenters. The van der Waals surface area contributed by atoms with E-state index in [0.717, 1.165) is 25.7 Å². The van der Waals surface area contributed by atoms with Crippen LogP contribution in [0.2, 0.25) is 0 Å². The van der Waals surface area contributed by atoms with Gasteiger partial charge in [-0.1, -0.05) is 37.1 Å². The van der Waals surface area contributed by atoms with Gasteiger partial charge in [0, 0.05) is 5.92 Å². The minimum Gasteiger partial charge on any atom is -0.481 e. The van der Waals surface area contributed by atoms with Gasteiger partial charge in [-0.05, 0) is 30.4 Å². The molecule has 1 N–H and O–H groups in total. The van der Waals surface area contributed by atoms with Crippen LogP contribution in [0.5, 0.6) is 0 Å². The molecule has 0 saturated heterocycles. The Kier molecular flexibility index (Phi) is 2.06. The first kappa shape index (κ1) is 9.88. The van der Waals surface area contributed by atoms with Gasteiger partial charge in [0.25, 0.3) is 0 Å². The number of hydrogen-bond acceptors (Lipinski definition) is 1. The summed E-state index contributed by atoms with van der Waals surface area (Å²) in [6.45, 7) is 0. The second-order valence-electron chi connectivity index (χ2n) is 5.14. The van der Waals surface area contributed by atoms with Crippen molar-refractivity contribution in [3.05, 3.63) is 35.4 Å². The highest BCUT2D eigenvalue weighted by molar-refractivity contribution is 5.78. The van der Waals surface area contributed by atoms with Gasteiger partial charge in [-0.3, -0.25) is 4.79 Å². The third-order valence-electron chi connectivity index (χ3n) is 4.40. The molecule has 16 heavy (non-hydrogen) atoms. The maximum atomic E-state index is 11.6. The molecule has 0 aromatic heterocycles. The van der Waals surface area contributed by atoms with Crippen LogP contribution < -0.4 is 0 Å². The Labute approximate surface area is 95.3 Å². The molecule has 0 bridgehead atoms. The van der Waals surface area contributed by atoms with Gasteiger partial charge in [0.15, 0.2) is 0 Å². The molecule has 2 aliphatic carbocycles. The normalized spacial score (nSPS) is 31.9. The molecule has 0 aliphatic heterocycles. The van der Waals surface area contributed by atoms with Crippen LogP contribution in [0.25, 0.3) is 0 Å². The number of benzene rings is 1. The van der Waals surface area contributed by atoms with Crippen LogP contribution in [-0.2, 0) is 11.2 Å². The molecule has 2 nitrogen and oxygen atoms in total. The van der Waals surface area contributed by atoms with Crippen LogP contribution >= 0.6 is 0 Å². The van der Waals surface area contributed by atoms with Crippen molar-refractivity contribution in [2.75, 3.05) is 0 Å². The lowest BCUT2D eigenvalue weighted by Gasteiger charge is -2.35. The second kappa shape index (κ2) is 3.34. The van der Waals surface area contributed by atoms with Gasteiger partial charge in [0.1, 0.15) is 0 Å². The van der Waals surface area contributed by atoms with Crippen LogP contribution in [0.1, 0.15) is 42.7 Å². The van der Waals surface area contributed by atoms with Crippen LogP contribution in [0.3, 0.4) is 0 Å². The zero-order chi connectivity index (χ0) is 11.2. The van der Waals surface area contributed by atoms with Crippen molar-refractivity contribution in [3.8, 4) is 0 Å². The van der Waals surface area contributed by atoms with Crippen molar-refractivity contribution in [2.24, 2.45) is 5.41 Å². The molecule has 0 amide bonds. The Balaban J connectivity index is 2.11. The molecule has 0 spiro atoms. The van der Waals surface area contributed by atoms with E-state index in [2.05, 4.69) is 12.1 Å². The Morgan fingerprint density at radius 1 is 1.31 bits per heavy atom. The highest BCUT2D eigenvalue weighted by atomic mass is 16.4. The third-order valence-corrected chi connectivity index (χ3v) is 4.40. The largest absolute Gasteiger partial charge is 0.481 e. The molecule has 1 aromatic rings.